The summed E-state index contributed by atoms with van der Waals surface area (Å²) in [6.45, 7) is 23.0. The fourth-order valence-electron chi connectivity index (χ4n) is 2.56. The first kappa shape index (κ1) is 28.5. The van der Waals surface area contributed by atoms with Crippen LogP contribution in [0.4, 0.5) is 4.79 Å². The summed E-state index contributed by atoms with van der Waals surface area (Å²) in [6, 6.07) is 3.97. The maximum atomic E-state index is 12.6. The topological polar surface area (TPSA) is 51.9 Å². The van der Waals surface area contributed by atoms with Gasteiger partial charge in [0.2, 0.25) is 0 Å². The molecule has 1 atom stereocenters. The third-order valence-corrected chi connectivity index (χ3v) is 9.98. The zero-order chi connectivity index (χ0) is 24.7. The molecule has 0 aliphatic carbocycles. The summed E-state index contributed by atoms with van der Waals surface area (Å²) in [5.41, 5.74) is -0.578. The van der Waals surface area contributed by atoms with E-state index in [2.05, 4.69) is 68.2 Å². The van der Waals surface area contributed by atoms with Crippen molar-refractivity contribution in [1.82, 2.24) is 4.90 Å². The van der Waals surface area contributed by atoms with Gasteiger partial charge in [-0.1, -0.05) is 55.1 Å². The van der Waals surface area contributed by atoms with Gasteiger partial charge in [-0.15, -0.1) is 0 Å². The lowest BCUT2D eigenvalue weighted by Gasteiger charge is -2.38. The van der Waals surface area contributed by atoms with Gasteiger partial charge in [-0.3, -0.25) is 4.90 Å². The Morgan fingerprint density at radius 3 is 2.34 bits per heavy atom. The molecule has 1 aromatic rings. The Bertz CT molecular complexity index is 837. The molecule has 0 aromatic carbocycles. The fraction of sp³-hybridized carbons (Fsp3) is 0.640. The molecule has 0 N–H and O–H groups in total. The van der Waals surface area contributed by atoms with Crippen LogP contribution in [-0.2, 0) is 15.6 Å². The standard InChI is InChI=1S/C25H40BrNO4Si/c1-19(26)18-27(23(28)30-24(3,4)5)17-11-12-22(31-32(9,10)25(6,7)8)16-15-21-14-13-20(2)29-21/h13-14,22H,1,15-18H2,2-10H3. The first-order valence-electron chi connectivity index (χ1n) is 11.0. The van der Waals surface area contributed by atoms with E-state index >= 15 is 0 Å². The number of carbonyl (C=O) groups excluding carboxylic acids is 1. The van der Waals surface area contributed by atoms with Crippen LogP contribution in [-0.4, -0.2) is 44.1 Å². The molecule has 0 bridgehead atoms. The molecule has 0 saturated heterocycles. The minimum Gasteiger partial charge on any atom is -0.466 e. The molecule has 0 fully saturated rings. The summed E-state index contributed by atoms with van der Waals surface area (Å²) in [4.78, 5) is 14.1. The Labute approximate surface area is 204 Å². The smallest absolute Gasteiger partial charge is 0.411 e. The maximum Gasteiger partial charge on any atom is 0.411 e. The average molecular weight is 527 g/mol. The summed E-state index contributed by atoms with van der Waals surface area (Å²) in [5, 5.41) is 0.0739. The molecule has 1 amide bonds. The highest BCUT2D eigenvalue weighted by Gasteiger charge is 2.39. The molecule has 0 radical (unpaired) electrons. The van der Waals surface area contributed by atoms with Gasteiger partial charge in [0.05, 0.1) is 13.1 Å². The van der Waals surface area contributed by atoms with Crippen molar-refractivity contribution in [2.75, 3.05) is 13.1 Å². The van der Waals surface area contributed by atoms with Crippen LogP contribution in [0.2, 0.25) is 18.1 Å². The van der Waals surface area contributed by atoms with Crippen LogP contribution in [0.1, 0.15) is 59.5 Å². The Kier molecular flexibility index (Phi) is 10.3. The summed E-state index contributed by atoms with van der Waals surface area (Å²) in [7, 11) is -2.02. The fourth-order valence-corrected chi connectivity index (χ4v) is 4.10. The second-order valence-electron chi connectivity index (χ2n) is 10.6. The van der Waals surface area contributed by atoms with Crippen LogP contribution in [0.15, 0.2) is 27.6 Å². The van der Waals surface area contributed by atoms with Crippen molar-refractivity contribution in [3.8, 4) is 11.8 Å². The highest BCUT2D eigenvalue weighted by atomic mass is 79.9. The number of furan rings is 1. The lowest BCUT2D eigenvalue weighted by Crippen LogP contribution is -2.43. The normalized spacial score (nSPS) is 13.2. The van der Waals surface area contributed by atoms with Gasteiger partial charge in [0.1, 0.15) is 23.2 Å². The van der Waals surface area contributed by atoms with Crippen molar-refractivity contribution >= 4 is 30.3 Å². The van der Waals surface area contributed by atoms with Crippen LogP contribution < -0.4 is 0 Å². The van der Waals surface area contributed by atoms with Crippen molar-refractivity contribution in [2.45, 2.75) is 91.1 Å². The maximum absolute atomic E-state index is 12.6. The lowest BCUT2D eigenvalue weighted by molar-refractivity contribution is 0.0294. The number of halogens is 1. The minimum atomic E-state index is -2.02. The van der Waals surface area contributed by atoms with E-state index in [0.717, 1.165) is 24.4 Å². The number of hydrogen-bond donors (Lipinski definition) is 0. The first-order valence-corrected chi connectivity index (χ1v) is 14.7. The minimum absolute atomic E-state index is 0.0739. The molecule has 180 valence electrons. The van der Waals surface area contributed by atoms with Gasteiger partial charge in [0, 0.05) is 10.9 Å². The second kappa shape index (κ2) is 11.6. The predicted molar refractivity (Wildman–Crippen MR) is 137 cm³/mol. The summed E-state index contributed by atoms with van der Waals surface area (Å²) in [6.07, 6.45) is 0.814. The number of nitrogens with zero attached hydrogens (tertiary/aromatic N) is 1. The zero-order valence-corrected chi connectivity index (χ0v) is 23.8. The van der Waals surface area contributed by atoms with Crippen LogP contribution in [0.25, 0.3) is 0 Å². The Morgan fingerprint density at radius 1 is 1.25 bits per heavy atom. The van der Waals surface area contributed by atoms with E-state index in [1.54, 1.807) is 0 Å². The molecule has 7 heteroatoms. The number of ether oxygens (including phenoxy) is 1. The lowest BCUT2D eigenvalue weighted by atomic mass is 10.1. The number of hydrogen-bond acceptors (Lipinski definition) is 4. The molecule has 0 aliphatic rings. The van der Waals surface area contributed by atoms with Crippen molar-refractivity contribution < 1.29 is 18.4 Å². The third kappa shape index (κ3) is 10.4. The summed E-state index contributed by atoms with van der Waals surface area (Å²) in [5.74, 6) is 8.25. The summed E-state index contributed by atoms with van der Waals surface area (Å²) >= 11 is 3.34. The van der Waals surface area contributed by atoms with Crippen LogP contribution in [0, 0.1) is 18.8 Å². The van der Waals surface area contributed by atoms with Crippen molar-refractivity contribution in [1.29, 1.82) is 0 Å². The molecule has 0 spiro atoms. The van der Waals surface area contributed by atoms with Crippen LogP contribution in [0.3, 0.4) is 0 Å². The SMILES string of the molecule is C=C(Br)CN(CC#CC(CCc1ccc(C)o1)O[Si](C)(C)C(C)(C)C)C(=O)OC(C)(C)C. The van der Waals surface area contributed by atoms with Crippen LogP contribution in [0.5, 0.6) is 0 Å². The van der Waals surface area contributed by atoms with E-state index in [-0.39, 0.29) is 17.7 Å². The van der Waals surface area contributed by atoms with Crippen molar-refractivity contribution in [3.05, 3.63) is 34.7 Å². The van der Waals surface area contributed by atoms with E-state index in [9.17, 15) is 4.79 Å². The largest absolute Gasteiger partial charge is 0.466 e. The van der Waals surface area contributed by atoms with E-state index in [0.29, 0.717) is 11.0 Å². The Hall–Kier alpha value is -1.49. The number of amides is 1. The highest BCUT2D eigenvalue weighted by Crippen LogP contribution is 2.37. The molecule has 0 saturated carbocycles. The molecule has 1 heterocycles. The van der Waals surface area contributed by atoms with E-state index in [1.165, 1.54) is 4.90 Å². The van der Waals surface area contributed by atoms with Gasteiger partial charge in [0.15, 0.2) is 8.32 Å². The monoisotopic (exact) mass is 525 g/mol. The van der Waals surface area contributed by atoms with Gasteiger partial charge >= 0.3 is 6.09 Å². The molecule has 1 aromatic heterocycles. The Morgan fingerprint density at radius 2 is 1.88 bits per heavy atom. The predicted octanol–water partition coefficient (Wildman–Crippen LogP) is 7.06. The van der Waals surface area contributed by atoms with E-state index < -0.39 is 20.0 Å². The van der Waals surface area contributed by atoms with Gasteiger partial charge < -0.3 is 13.6 Å². The van der Waals surface area contributed by atoms with E-state index in [1.807, 2.05) is 39.8 Å². The molecule has 1 unspecified atom stereocenters. The van der Waals surface area contributed by atoms with Crippen molar-refractivity contribution in [2.24, 2.45) is 0 Å². The number of carbonyl (C=O) groups is 1. The van der Waals surface area contributed by atoms with Gasteiger partial charge in [-0.2, -0.15) is 0 Å². The highest BCUT2D eigenvalue weighted by molar-refractivity contribution is 9.11. The molecule has 32 heavy (non-hydrogen) atoms. The first-order chi connectivity index (χ1) is 14.5. The zero-order valence-electron chi connectivity index (χ0n) is 21.2. The number of rotatable bonds is 8. The van der Waals surface area contributed by atoms with Crippen LogP contribution >= 0.6 is 15.9 Å². The summed E-state index contributed by atoms with van der Waals surface area (Å²) < 4.78 is 18.5. The molecule has 5 nitrogen and oxygen atoms in total. The second-order valence-corrected chi connectivity index (χ2v) is 16.5. The molecular formula is C25H40BrNO4Si. The molecule has 1 rings (SSSR count). The molecular weight excluding hydrogens is 486 g/mol. The Balaban J connectivity index is 3.00. The van der Waals surface area contributed by atoms with Gasteiger partial charge in [-0.05, 0) is 64.4 Å². The van der Waals surface area contributed by atoms with Gasteiger partial charge in [-0.25, -0.2) is 4.79 Å². The average Bonchev–Trinajstić information content (AvgIpc) is 3.01. The number of aryl methyl sites for hydroxylation is 2. The third-order valence-electron chi connectivity index (χ3n) is 5.24. The molecule has 0 aliphatic heterocycles. The van der Waals surface area contributed by atoms with Crippen molar-refractivity contribution in [3.63, 3.8) is 0 Å². The van der Waals surface area contributed by atoms with E-state index in [4.69, 9.17) is 13.6 Å². The van der Waals surface area contributed by atoms with Gasteiger partial charge in [0.25, 0.3) is 0 Å². The quantitative estimate of drug-likeness (QED) is 0.269.